The van der Waals surface area contributed by atoms with E-state index in [4.69, 9.17) is 0 Å². The highest BCUT2D eigenvalue weighted by molar-refractivity contribution is 6.08. The third-order valence-corrected chi connectivity index (χ3v) is 2.91. The van der Waals surface area contributed by atoms with Crippen LogP contribution in [0.1, 0.15) is 28.7 Å². The van der Waals surface area contributed by atoms with Gasteiger partial charge in [-0.2, -0.15) is 0 Å². The van der Waals surface area contributed by atoms with Crippen molar-refractivity contribution in [2.24, 2.45) is 0 Å². The average Bonchev–Trinajstić information content (AvgIpc) is 2.43. The summed E-state index contributed by atoms with van der Waals surface area (Å²) >= 11 is 0. The molecule has 0 spiro atoms. The average molecular weight is 270 g/mol. The molecule has 2 rings (SSSR count). The van der Waals surface area contributed by atoms with Gasteiger partial charge >= 0.3 is 0 Å². The van der Waals surface area contributed by atoms with Crippen LogP contribution in [0.25, 0.3) is 0 Å². The topological polar surface area (TPSA) is 66.9 Å². The van der Waals surface area contributed by atoms with E-state index in [1.54, 1.807) is 18.5 Å². The van der Waals surface area contributed by atoms with Crippen LogP contribution in [0.2, 0.25) is 0 Å². The second-order valence-corrected chi connectivity index (χ2v) is 4.49. The van der Waals surface area contributed by atoms with Crippen molar-refractivity contribution in [3.8, 4) is 0 Å². The number of aryl methyl sites for hydroxylation is 2. The lowest BCUT2D eigenvalue weighted by atomic mass is 10.2. The highest BCUT2D eigenvalue weighted by atomic mass is 16.1. The van der Waals surface area contributed by atoms with Gasteiger partial charge in [0.1, 0.15) is 0 Å². The number of hydrogen-bond acceptors (Lipinski definition) is 4. The lowest BCUT2D eigenvalue weighted by Gasteiger charge is -2.11. The molecule has 2 aromatic heterocycles. The van der Waals surface area contributed by atoms with E-state index in [9.17, 15) is 4.79 Å². The summed E-state index contributed by atoms with van der Waals surface area (Å²) in [5.41, 5.74) is 3.75. The summed E-state index contributed by atoms with van der Waals surface area (Å²) in [6.07, 6.45) is 3.26. The minimum absolute atomic E-state index is 0.169. The van der Waals surface area contributed by atoms with E-state index in [0.717, 1.165) is 29.3 Å². The number of hydrogen-bond donors (Lipinski definition) is 2. The molecule has 20 heavy (non-hydrogen) atoms. The number of carbonyl (C=O) groups excluding carboxylic acids is 1. The number of pyridine rings is 2. The molecule has 1 amide bonds. The fraction of sp³-hybridized carbons (Fsp3) is 0.267. The Morgan fingerprint density at radius 3 is 2.70 bits per heavy atom. The van der Waals surface area contributed by atoms with E-state index >= 15 is 0 Å². The van der Waals surface area contributed by atoms with Gasteiger partial charge in [0.15, 0.2) is 0 Å². The molecule has 2 aromatic rings. The molecule has 2 N–H and O–H groups in total. The Hall–Kier alpha value is -2.43. The molecule has 0 radical (unpaired) electrons. The van der Waals surface area contributed by atoms with Crippen LogP contribution in [-0.4, -0.2) is 22.4 Å². The van der Waals surface area contributed by atoms with E-state index in [2.05, 4.69) is 20.6 Å². The molecule has 0 aliphatic heterocycles. The van der Waals surface area contributed by atoms with E-state index in [-0.39, 0.29) is 5.91 Å². The van der Waals surface area contributed by atoms with Crippen molar-refractivity contribution in [1.82, 2.24) is 9.97 Å². The highest BCUT2D eigenvalue weighted by Crippen LogP contribution is 2.18. The van der Waals surface area contributed by atoms with Crippen molar-refractivity contribution in [3.63, 3.8) is 0 Å². The molecule has 0 fully saturated rings. The molecule has 5 nitrogen and oxygen atoms in total. The fourth-order valence-electron chi connectivity index (χ4n) is 1.93. The van der Waals surface area contributed by atoms with Gasteiger partial charge in [0.25, 0.3) is 5.91 Å². The van der Waals surface area contributed by atoms with Crippen LogP contribution in [0.3, 0.4) is 0 Å². The van der Waals surface area contributed by atoms with Gasteiger partial charge in [0.05, 0.1) is 28.8 Å². The zero-order valence-electron chi connectivity index (χ0n) is 11.9. The summed E-state index contributed by atoms with van der Waals surface area (Å²) in [6.45, 7) is 6.50. The van der Waals surface area contributed by atoms with Crippen LogP contribution in [0.5, 0.6) is 0 Å². The Morgan fingerprint density at radius 1 is 1.20 bits per heavy atom. The summed E-state index contributed by atoms with van der Waals surface area (Å²) in [7, 11) is 0. The van der Waals surface area contributed by atoms with Gasteiger partial charge < -0.3 is 10.6 Å². The molecule has 0 saturated heterocycles. The molecule has 0 bridgehead atoms. The summed E-state index contributed by atoms with van der Waals surface area (Å²) in [4.78, 5) is 20.7. The molecule has 0 saturated carbocycles. The van der Waals surface area contributed by atoms with Crippen LogP contribution in [0.15, 0.2) is 30.6 Å². The summed E-state index contributed by atoms with van der Waals surface area (Å²) in [5, 5.41) is 6.01. The Balaban J connectivity index is 2.24. The molecule has 0 atom stereocenters. The predicted molar refractivity (Wildman–Crippen MR) is 80.1 cm³/mol. The SMILES string of the molecule is CCNc1cnccc1C(=O)Nc1ccc(C)nc1C. The smallest absolute Gasteiger partial charge is 0.257 e. The lowest BCUT2D eigenvalue weighted by Crippen LogP contribution is -2.16. The molecule has 5 heteroatoms. The van der Waals surface area contributed by atoms with Gasteiger partial charge in [-0.15, -0.1) is 0 Å². The van der Waals surface area contributed by atoms with Gasteiger partial charge in [0.2, 0.25) is 0 Å². The van der Waals surface area contributed by atoms with E-state index in [1.807, 2.05) is 32.9 Å². The van der Waals surface area contributed by atoms with E-state index in [1.165, 1.54) is 0 Å². The number of nitrogens with zero attached hydrogens (tertiary/aromatic N) is 2. The number of carbonyl (C=O) groups is 1. The number of rotatable bonds is 4. The maximum atomic E-state index is 12.3. The first-order valence-electron chi connectivity index (χ1n) is 6.55. The molecule has 0 aromatic carbocycles. The lowest BCUT2D eigenvalue weighted by molar-refractivity contribution is 0.102. The predicted octanol–water partition coefficient (Wildman–Crippen LogP) is 2.78. The summed E-state index contributed by atoms with van der Waals surface area (Å²) in [6, 6.07) is 5.44. The summed E-state index contributed by atoms with van der Waals surface area (Å²) < 4.78 is 0. The molecule has 0 unspecified atom stereocenters. The third-order valence-electron chi connectivity index (χ3n) is 2.91. The first-order valence-corrected chi connectivity index (χ1v) is 6.55. The second kappa shape index (κ2) is 6.14. The molecule has 104 valence electrons. The Labute approximate surface area is 118 Å². The van der Waals surface area contributed by atoms with E-state index in [0.29, 0.717) is 5.56 Å². The minimum atomic E-state index is -0.169. The molecular weight excluding hydrogens is 252 g/mol. The van der Waals surface area contributed by atoms with Gasteiger partial charge in [-0.25, -0.2) is 0 Å². The van der Waals surface area contributed by atoms with Crippen molar-refractivity contribution in [2.75, 3.05) is 17.2 Å². The zero-order chi connectivity index (χ0) is 14.5. The van der Waals surface area contributed by atoms with Crippen LogP contribution in [0.4, 0.5) is 11.4 Å². The normalized spacial score (nSPS) is 10.2. The van der Waals surface area contributed by atoms with Gasteiger partial charge in [0, 0.05) is 18.4 Å². The Morgan fingerprint density at radius 2 is 2.00 bits per heavy atom. The van der Waals surface area contributed by atoms with Crippen molar-refractivity contribution in [1.29, 1.82) is 0 Å². The van der Waals surface area contributed by atoms with Gasteiger partial charge in [-0.3, -0.25) is 14.8 Å². The second-order valence-electron chi connectivity index (χ2n) is 4.49. The number of nitrogens with one attached hydrogen (secondary N) is 2. The monoisotopic (exact) mass is 270 g/mol. The minimum Gasteiger partial charge on any atom is -0.383 e. The quantitative estimate of drug-likeness (QED) is 0.896. The first kappa shape index (κ1) is 14.0. The molecule has 0 aliphatic rings. The van der Waals surface area contributed by atoms with Crippen LogP contribution in [0, 0.1) is 13.8 Å². The van der Waals surface area contributed by atoms with Crippen molar-refractivity contribution in [2.45, 2.75) is 20.8 Å². The number of aromatic nitrogens is 2. The maximum Gasteiger partial charge on any atom is 0.257 e. The third kappa shape index (κ3) is 3.12. The first-order chi connectivity index (χ1) is 9.61. The molecule has 0 aliphatic carbocycles. The van der Waals surface area contributed by atoms with Crippen molar-refractivity contribution >= 4 is 17.3 Å². The fourth-order valence-corrected chi connectivity index (χ4v) is 1.93. The van der Waals surface area contributed by atoms with Gasteiger partial charge in [-0.05, 0) is 39.0 Å². The summed E-state index contributed by atoms with van der Waals surface area (Å²) in [5.74, 6) is -0.169. The Bertz CT molecular complexity index is 625. The number of anilines is 2. The zero-order valence-corrected chi connectivity index (χ0v) is 11.9. The molecule has 2 heterocycles. The molecular formula is C15H18N4O. The highest BCUT2D eigenvalue weighted by Gasteiger charge is 2.12. The van der Waals surface area contributed by atoms with E-state index < -0.39 is 0 Å². The number of amides is 1. The van der Waals surface area contributed by atoms with Gasteiger partial charge in [-0.1, -0.05) is 0 Å². The van der Waals surface area contributed by atoms with Crippen molar-refractivity contribution in [3.05, 3.63) is 47.5 Å². The van der Waals surface area contributed by atoms with Crippen LogP contribution in [-0.2, 0) is 0 Å². The Kier molecular flexibility index (Phi) is 4.30. The maximum absolute atomic E-state index is 12.3. The van der Waals surface area contributed by atoms with Crippen molar-refractivity contribution < 1.29 is 4.79 Å². The standard InChI is InChI=1S/C15H18N4O/c1-4-17-14-9-16-8-7-12(14)15(20)19-13-6-5-10(2)18-11(13)3/h5-9,17H,4H2,1-3H3,(H,19,20). The largest absolute Gasteiger partial charge is 0.383 e. The van der Waals surface area contributed by atoms with Crippen LogP contribution < -0.4 is 10.6 Å². The van der Waals surface area contributed by atoms with Crippen LogP contribution >= 0.6 is 0 Å².